The first-order valence-corrected chi connectivity index (χ1v) is 6.52. The van der Waals surface area contributed by atoms with Gasteiger partial charge in [-0.15, -0.1) is 0 Å². The Hall–Kier alpha value is -1.01. The molecule has 0 aromatic carbocycles. The SMILES string of the molecule is FC(F)(F)CN1CC2CN(Cc3ccoc3)CC2C1. The van der Waals surface area contributed by atoms with E-state index in [1.807, 2.05) is 6.07 Å². The van der Waals surface area contributed by atoms with Crippen LogP contribution in [-0.4, -0.2) is 48.7 Å². The van der Waals surface area contributed by atoms with E-state index in [-0.39, 0.29) is 0 Å². The van der Waals surface area contributed by atoms with Crippen LogP contribution in [0, 0.1) is 11.8 Å². The van der Waals surface area contributed by atoms with Crippen LogP contribution in [0.5, 0.6) is 0 Å². The predicted molar refractivity (Wildman–Crippen MR) is 63.5 cm³/mol. The second-order valence-electron chi connectivity index (χ2n) is 5.66. The molecule has 0 N–H and O–H groups in total. The largest absolute Gasteiger partial charge is 0.472 e. The van der Waals surface area contributed by atoms with Crippen molar-refractivity contribution in [2.24, 2.45) is 11.8 Å². The summed E-state index contributed by atoms with van der Waals surface area (Å²) < 4.78 is 42.1. The Morgan fingerprint density at radius 2 is 1.74 bits per heavy atom. The molecule has 2 aliphatic rings. The zero-order chi connectivity index (χ0) is 13.5. The van der Waals surface area contributed by atoms with Crippen LogP contribution in [0.3, 0.4) is 0 Å². The van der Waals surface area contributed by atoms with E-state index in [0.717, 1.165) is 25.2 Å². The van der Waals surface area contributed by atoms with E-state index < -0.39 is 12.7 Å². The molecule has 2 fully saturated rings. The Morgan fingerprint density at radius 1 is 1.11 bits per heavy atom. The van der Waals surface area contributed by atoms with Gasteiger partial charge < -0.3 is 4.42 Å². The molecular weight excluding hydrogens is 257 g/mol. The molecule has 1 aromatic heterocycles. The highest BCUT2D eigenvalue weighted by Crippen LogP contribution is 2.33. The topological polar surface area (TPSA) is 19.6 Å². The van der Waals surface area contributed by atoms with Gasteiger partial charge >= 0.3 is 6.18 Å². The van der Waals surface area contributed by atoms with Gasteiger partial charge in [0.25, 0.3) is 0 Å². The highest BCUT2D eigenvalue weighted by atomic mass is 19.4. The summed E-state index contributed by atoms with van der Waals surface area (Å²) in [4.78, 5) is 3.86. The zero-order valence-corrected chi connectivity index (χ0v) is 10.6. The first-order valence-electron chi connectivity index (χ1n) is 6.52. The maximum absolute atomic E-state index is 12.3. The van der Waals surface area contributed by atoms with Crippen molar-refractivity contribution in [3.63, 3.8) is 0 Å². The number of alkyl halides is 3. The van der Waals surface area contributed by atoms with E-state index in [2.05, 4.69) is 4.90 Å². The summed E-state index contributed by atoms with van der Waals surface area (Å²) in [6.07, 6.45) is -0.698. The lowest BCUT2D eigenvalue weighted by molar-refractivity contribution is -0.144. The molecule has 3 nitrogen and oxygen atoms in total. The van der Waals surface area contributed by atoms with Crippen molar-refractivity contribution in [1.29, 1.82) is 0 Å². The van der Waals surface area contributed by atoms with Crippen molar-refractivity contribution in [3.8, 4) is 0 Å². The van der Waals surface area contributed by atoms with Crippen molar-refractivity contribution >= 4 is 0 Å². The Balaban J connectivity index is 1.50. The first kappa shape index (κ1) is 13.0. The summed E-state index contributed by atoms with van der Waals surface area (Å²) >= 11 is 0. The number of rotatable bonds is 3. The molecule has 6 heteroatoms. The van der Waals surface area contributed by atoms with Crippen LogP contribution in [0.15, 0.2) is 23.0 Å². The van der Waals surface area contributed by atoms with Gasteiger partial charge in [-0.1, -0.05) is 0 Å². The number of nitrogens with zero attached hydrogens (tertiary/aromatic N) is 2. The molecule has 0 saturated carbocycles. The molecule has 2 unspecified atom stereocenters. The first-order chi connectivity index (χ1) is 8.99. The van der Waals surface area contributed by atoms with Gasteiger partial charge in [0.1, 0.15) is 0 Å². The fraction of sp³-hybridized carbons (Fsp3) is 0.692. The minimum Gasteiger partial charge on any atom is -0.472 e. The van der Waals surface area contributed by atoms with Gasteiger partial charge in [-0.25, -0.2) is 0 Å². The Labute approximate surface area is 110 Å². The van der Waals surface area contributed by atoms with Crippen molar-refractivity contribution in [2.75, 3.05) is 32.7 Å². The molecule has 0 bridgehead atoms. The quantitative estimate of drug-likeness (QED) is 0.842. The molecule has 0 radical (unpaired) electrons. The van der Waals surface area contributed by atoms with Crippen molar-refractivity contribution < 1.29 is 17.6 Å². The molecule has 0 spiro atoms. The van der Waals surface area contributed by atoms with Crippen LogP contribution in [-0.2, 0) is 6.54 Å². The fourth-order valence-electron chi connectivity index (χ4n) is 3.34. The molecule has 2 atom stereocenters. The van der Waals surface area contributed by atoms with E-state index in [1.54, 1.807) is 17.4 Å². The maximum atomic E-state index is 12.3. The minimum atomic E-state index is -4.07. The van der Waals surface area contributed by atoms with Gasteiger partial charge in [0, 0.05) is 38.3 Å². The Bertz CT molecular complexity index is 404. The van der Waals surface area contributed by atoms with E-state index in [1.165, 1.54) is 0 Å². The van der Waals surface area contributed by atoms with Crippen LogP contribution in [0.4, 0.5) is 13.2 Å². The second-order valence-corrected chi connectivity index (χ2v) is 5.66. The summed E-state index contributed by atoms with van der Waals surface area (Å²) in [7, 11) is 0. The van der Waals surface area contributed by atoms with Crippen LogP contribution < -0.4 is 0 Å². The summed E-state index contributed by atoms with van der Waals surface area (Å²) in [5.41, 5.74) is 1.13. The Morgan fingerprint density at radius 3 is 2.26 bits per heavy atom. The number of likely N-dealkylation sites (tertiary alicyclic amines) is 2. The smallest absolute Gasteiger partial charge is 0.401 e. The molecule has 2 saturated heterocycles. The monoisotopic (exact) mass is 274 g/mol. The van der Waals surface area contributed by atoms with Crippen LogP contribution in [0.2, 0.25) is 0 Å². The highest BCUT2D eigenvalue weighted by molar-refractivity contribution is 5.06. The van der Waals surface area contributed by atoms with Crippen molar-refractivity contribution in [1.82, 2.24) is 9.80 Å². The normalized spacial score (nSPS) is 29.0. The van der Waals surface area contributed by atoms with Gasteiger partial charge in [0.2, 0.25) is 0 Å². The third kappa shape index (κ3) is 3.12. The van der Waals surface area contributed by atoms with E-state index in [0.29, 0.717) is 24.9 Å². The number of hydrogen-bond donors (Lipinski definition) is 0. The van der Waals surface area contributed by atoms with Gasteiger partial charge in [-0.3, -0.25) is 9.80 Å². The number of hydrogen-bond acceptors (Lipinski definition) is 3. The second kappa shape index (κ2) is 4.83. The van der Waals surface area contributed by atoms with Crippen molar-refractivity contribution in [3.05, 3.63) is 24.2 Å². The third-order valence-corrected chi connectivity index (χ3v) is 4.03. The summed E-state index contributed by atoms with van der Waals surface area (Å²) in [6.45, 7) is 3.01. The average molecular weight is 274 g/mol. The number of fused-ring (bicyclic) bond motifs is 1. The minimum absolute atomic E-state index is 0.384. The predicted octanol–water partition coefficient (Wildman–Crippen LogP) is 2.21. The van der Waals surface area contributed by atoms with E-state index in [9.17, 15) is 13.2 Å². The molecule has 2 aliphatic heterocycles. The summed E-state index contributed by atoms with van der Waals surface area (Å²) in [6, 6.07) is 1.93. The molecule has 106 valence electrons. The van der Waals surface area contributed by atoms with Crippen LogP contribution in [0.25, 0.3) is 0 Å². The van der Waals surface area contributed by atoms with Crippen LogP contribution in [0.1, 0.15) is 5.56 Å². The zero-order valence-electron chi connectivity index (χ0n) is 10.6. The molecule has 3 rings (SSSR count). The lowest BCUT2D eigenvalue weighted by Crippen LogP contribution is -2.35. The molecule has 0 amide bonds. The van der Waals surface area contributed by atoms with E-state index >= 15 is 0 Å². The van der Waals surface area contributed by atoms with Crippen molar-refractivity contribution in [2.45, 2.75) is 12.7 Å². The summed E-state index contributed by atoms with van der Waals surface area (Å²) in [5, 5.41) is 0. The molecule has 3 heterocycles. The lowest BCUT2D eigenvalue weighted by Gasteiger charge is -2.21. The van der Waals surface area contributed by atoms with Gasteiger partial charge in [-0.2, -0.15) is 13.2 Å². The van der Waals surface area contributed by atoms with Gasteiger partial charge in [0.15, 0.2) is 0 Å². The number of halogens is 3. The standard InChI is InChI=1S/C13H17F3N2O/c14-13(15,16)9-18-6-11-4-17(5-12(11)7-18)3-10-1-2-19-8-10/h1-2,8,11-12H,3-7,9H2. The average Bonchev–Trinajstić information content (AvgIpc) is 2.92. The Kier molecular flexibility index (Phi) is 3.30. The van der Waals surface area contributed by atoms with Crippen LogP contribution >= 0.6 is 0 Å². The maximum Gasteiger partial charge on any atom is 0.401 e. The summed E-state index contributed by atoms with van der Waals surface area (Å²) in [5.74, 6) is 0.767. The third-order valence-electron chi connectivity index (χ3n) is 4.03. The molecule has 1 aromatic rings. The molecule has 0 aliphatic carbocycles. The van der Waals surface area contributed by atoms with Gasteiger partial charge in [-0.05, 0) is 17.9 Å². The number of furan rings is 1. The van der Waals surface area contributed by atoms with Gasteiger partial charge in [0.05, 0.1) is 19.1 Å². The molecule has 19 heavy (non-hydrogen) atoms. The highest BCUT2D eigenvalue weighted by Gasteiger charge is 2.43. The fourth-order valence-corrected chi connectivity index (χ4v) is 3.34. The lowest BCUT2D eigenvalue weighted by atomic mass is 10.0. The van der Waals surface area contributed by atoms with E-state index in [4.69, 9.17) is 4.42 Å². The molecular formula is C13H17F3N2O.